The number of halogens is 1. The highest BCUT2D eigenvalue weighted by molar-refractivity contribution is 7.89. The Morgan fingerprint density at radius 2 is 2.12 bits per heavy atom. The van der Waals surface area contributed by atoms with Gasteiger partial charge in [-0.3, -0.25) is 4.79 Å². The Bertz CT molecular complexity index is 487. The summed E-state index contributed by atoms with van der Waals surface area (Å²) < 4.78 is 22.1. The fourth-order valence-electron chi connectivity index (χ4n) is 1.06. The second-order valence-electron chi connectivity index (χ2n) is 3.06. The van der Waals surface area contributed by atoms with Crippen LogP contribution in [0.5, 0.6) is 0 Å². The summed E-state index contributed by atoms with van der Waals surface area (Å²) in [7, 11) is -3.75. The third-order valence-electron chi connectivity index (χ3n) is 1.77. The van der Waals surface area contributed by atoms with Crippen LogP contribution in [-0.4, -0.2) is 20.2 Å². The first kappa shape index (κ1) is 13.0. The second-order valence-corrected chi connectivity index (χ2v) is 5.00. The van der Waals surface area contributed by atoms with Crippen LogP contribution in [0, 0.1) is 0 Å². The Morgan fingerprint density at radius 3 is 2.69 bits per heavy atom. The first-order chi connectivity index (χ1) is 7.43. The molecule has 0 aliphatic carbocycles. The average molecular weight is 263 g/mol. The van der Waals surface area contributed by atoms with Gasteiger partial charge in [0, 0.05) is 18.0 Å². The summed E-state index contributed by atoms with van der Waals surface area (Å²) in [5, 5.41) is 7.47. The number of carbonyl (C=O) groups excluding carboxylic acids is 1. The smallest absolute Gasteiger partial charge is 0.238 e. The van der Waals surface area contributed by atoms with Crippen molar-refractivity contribution >= 4 is 33.2 Å². The highest BCUT2D eigenvalue weighted by atomic mass is 35.5. The number of carbonyl (C=O) groups is 1. The van der Waals surface area contributed by atoms with E-state index in [9.17, 15) is 13.2 Å². The number of hydrogen-bond donors (Lipinski definition) is 2. The van der Waals surface area contributed by atoms with Crippen molar-refractivity contribution in [1.82, 2.24) is 0 Å². The van der Waals surface area contributed by atoms with Gasteiger partial charge in [0.05, 0.1) is 4.90 Å². The van der Waals surface area contributed by atoms with Crippen LogP contribution in [-0.2, 0) is 14.8 Å². The van der Waals surface area contributed by atoms with E-state index in [4.69, 9.17) is 16.7 Å². The van der Waals surface area contributed by atoms with Crippen molar-refractivity contribution in [3.63, 3.8) is 0 Å². The van der Waals surface area contributed by atoms with Crippen molar-refractivity contribution in [2.45, 2.75) is 11.3 Å². The van der Waals surface area contributed by atoms with Gasteiger partial charge in [-0.05, 0) is 18.2 Å². The number of rotatable bonds is 4. The van der Waals surface area contributed by atoms with Crippen molar-refractivity contribution in [1.29, 1.82) is 0 Å². The van der Waals surface area contributed by atoms with Gasteiger partial charge in [0.2, 0.25) is 15.9 Å². The van der Waals surface area contributed by atoms with Gasteiger partial charge in [-0.25, -0.2) is 13.6 Å². The van der Waals surface area contributed by atoms with Crippen LogP contribution in [0.15, 0.2) is 29.2 Å². The maximum absolute atomic E-state index is 11.2. The van der Waals surface area contributed by atoms with Crippen LogP contribution >= 0.6 is 11.6 Å². The number of hydrogen-bond acceptors (Lipinski definition) is 3. The molecule has 1 aromatic carbocycles. The molecule has 1 amide bonds. The number of benzene rings is 1. The largest absolute Gasteiger partial charge is 0.326 e. The third kappa shape index (κ3) is 3.80. The van der Waals surface area contributed by atoms with E-state index in [1.165, 1.54) is 18.2 Å². The normalized spacial score (nSPS) is 11.1. The molecule has 16 heavy (non-hydrogen) atoms. The summed E-state index contributed by atoms with van der Waals surface area (Å²) in [6.07, 6.45) is 0.168. The predicted octanol–water partition coefficient (Wildman–Crippen LogP) is 0.901. The van der Waals surface area contributed by atoms with Gasteiger partial charge in [0.1, 0.15) is 0 Å². The third-order valence-corrected chi connectivity index (χ3v) is 2.87. The van der Waals surface area contributed by atoms with E-state index in [0.29, 0.717) is 5.69 Å². The lowest BCUT2D eigenvalue weighted by molar-refractivity contribution is -0.115. The zero-order valence-electron chi connectivity index (χ0n) is 8.31. The fourth-order valence-corrected chi connectivity index (χ4v) is 1.79. The topological polar surface area (TPSA) is 89.3 Å². The molecule has 0 heterocycles. The number of amides is 1. The van der Waals surface area contributed by atoms with Crippen LogP contribution in [0.1, 0.15) is 6.42 Å². The van der Waals surface area contributed by atoms with Gasteiger partial charge < -0.3 is 5.32 Å². The summed E-state index contributed by atoms with van der Waals surface area (Å²) in [6, 6.07) is 5.71. The molecule has 0 saturated heterocycles. The second kappa shape index (κ2) is 5.29. The molecule has 0 atom stereocenters. The van der Waals surface area contributed by atoms with E-state index < -0.39 is 10.0 Å². The fraction of sp³-hybridized carbons (Fsp3) is 0.222. The van der Waals surface area contributed by atoms with Crippen LogP contribution in [0.2, 0.25) is 0 Å². The van der Waals surface area contributed by atoms with Gasteiger partial charge in [0.15, 0.2) is 0 Å². The number of primary sulfonamides is 1. The summed E-state index contributed by atoms with van der Waals surface area (Å²) in [4.78, 5) is 11.2. The van der Waals surface area contributed by atoms with Crippen molar-refractivity contribution in [3.05, 3.63) is 24.3 Å². The zero-order valence-corrected chi connectivity index (χ0v) is 9.88. The van der Waals surface area contributed by atoms with E-state index in [2.05, 4.69) is 5.32 Å². The predicted molar refractivity (Wildman–Crippen MR) is 61.8 cm³/mol. The molecule has 1 rings (SSSR count). The Morgan fingerprint density at radius 1 is 1.44 bits per heavy atom. The number of nitrogens with two attached hydrogens (primary N) is 1. The summed E-state index contributed by atoms with van der Waals surface area (Å²) in [5.74, 6) is -0.0673. The Balaban J connectivity index is 2.88. The lowest BCUT2D eigenvalue weighted by Crippen LogP contribution is -2.14. The lowest BCUT2D eigenvalue weighted by Gasteiger charge is -2.05. The molecule has 7 heteroatoms. The van der Waals surface area contributed by atoms with Crippen LogP contribution in [0.3, 0.4) is 0 Å². The standard InChI is InChI=1S/C9H11ClN2O3S/c10-5-4-9(13)12-7-2-1-3-8(6-7)16(11,14)15/h1-3,6H,4-5H2,(H,12,13)(H2,11,14,15). The van der Waals surface area contributed by atoms with Crippen LogP contribution < -0.4 is 10.5 Å². The minimum Gasteiger partial charge on any atom is -0.326 e. The molecule has 0 aliphatic rings. The van der Waals surface area contributed by atoms with Crippen molar-refractivity contribution in [3.8, 4) is 0 Å². The number of nitrogens with one attached hydrogen (secondary N) is 1. The molecule has 0 radical (unpaired) electrons. The minimum atomic E-state index is -3.75. The molecule has 0 bridgehead atoms. The molecule has 5 nitrogen and oxygen atoms in total. The molecular formula is C9H11ClN2O3S. The average Bonchev–Trinajstić information content (AvgIpc) is 2.17. The molecular weight excluding hydrogens is 252 g/mol. The molecule has 0 aliphatic heterocycles. The first-order valence-electron chi connectivity index (χ1n) is 4.42. The highest BCUT2D eigenvalue weighted by Crippen LogP contribution is 2.14. The molecule has 0 unspecified atom stereocenters. The highest BCUT2D eigenvalue weighted by Gasteiger charge is 2.08. The lowest BCUT2D eigenvalue weighted by atomic mass is 10.3. The zero-order chi connectivity index (χ0) is 12.2. The van der Waals surface area contributed by atoms with Gasteiger partial charge in [-0.1, -0.05) is 6.07 Å². The molecule has 0 aromatic heterocycles. The van der Waals surface area contributed by atoms with Gasteiger partial charge in [-0.15, -0.1) is 11.6 Å². The summed E-state index contributed by atoms with van der Waals surface area (Å²) in [6.45, 7) is 0. The van der Waals surface area contributed by atoms with Crippen molar-refractivity contribution in [2.24, 2.45) is 5.14 Å². The maximum atomic E-state index is 11.2. The number of alkyl halides is 1. The first-order valence-corrected chi connectivity index (χ1v) is 6.50. The summed E-state index contributed by atoms with van der Waals surface area (Å²) in [5.41, 5.74) is 0.377. The molecule has 3 N–H and O–H groups in total. The van der Waals surface area contributed by atoms with E-state index >= 15 is 0 Å². The Hall–Kier alpha value is -1.11. The Kier molecular flexibility index (Phi) is 4.28. The van der Waals surface area contributed by atoms with Gasteiger partial charge in [0.25, 0.3) is 0 Å². The van der Waals surface area contributed by atoms with E-state index in [1.807, 2.05) is 0 Å². The van der Waals surface area contributed by atoms with E-state index in [0.717, 1.165) is 0 Å². The SMILES string of the molecule is NS(=O)(=O)c1cccc(NC(=O)CCCl)c1. The quantitative estimate of drug-likeness (QED) is 0.790. The van der Waals surface area contributed by atoms with E-state index in [1.54, 1.807) is 6.07 Å². The van der Waals surface area contributed by atoms with Gasteiger partial charge >= 0.3 is 0 Å². The van der Waals surface area contributed by atoms with E-state index in [-0.39, 0.29) is 23.1 Å². The monoisotopic (exact) mass is 262 g/mol. The number of anilines is 1. The van der Waals surface area contributed by atoms with Crippen LogP contribution in [0.25, 0.3) is 0 Å². The van der Waals surface area contributed by atoms with Crippen molar-refractivity contribution in [2.75, 3.05) is 11.2 Å². The maximum Gasteiger partial charge on any atom is 0.238 e. The summed E-state index contributed by atoms with van der Waals surface area (Å²) >= 11 is 5.39. The van der Waals surface area contributed by atoms with Crippen molar-refractivity contribution < 1.29 is 13.2 Å². The molecule has 88 valence electrons. The molecule has 0 spiro atoms. The minimum absolute atomic E-state index is 0.0452. The molecule has 0 fully saturated rings. The van der Waals surface area contributed by atoms with Gasteiger partial charge in [-0.2, -0.15) is 0 Å². The number of sulfonamides is 1. The molecule has 1 aromatic rings. The molecule has 0 saturated carbocycles. The van der Waals surface area contributed by atoms with Crippen LogP contribution in [0.4, 0.5) is 5.69 Å². The Labute approximate surface area is 98.6 Å².